The lowest BCUT2D eigenvalue weighted by molar-refractivity contribution is -0.128. The number of barbiturate groups is 1. The van der Waals surface area contributed by atoms with Crippen LogP contribution in [-0.2, 0) is 9.59 Å². The molecule has 1 N–H and O–H groups in total. The van der Waals surface area contributed by atoms with Crippen LogP contribution in [0, 0.1) is 11.6 Å². The Bertz CT molecular complexity index is 533. The number of hydrogen-bond donors (Lipinski definition) is 1. The average molecular weight is 319 g/mol. The Kier molecular flexibility index (Phi) is 3.12. The molecule has 5 nitrogen and oxygen atoms in total. The zero-order valence-electron chi connectivity index (χ0n) is 8.67. The van der Waals surface area contributed by atoms with Gasteiger partial charge >= 0.3 is 6.03 Å². The fourth-order valence-corrected chi connectivity index (χ4v) is 1.93. The van der Waals surface area contributed by atoms with E-state index in [4.69, 9.17) is 0 Å². The van der Waals surface area contributed by atoms with E-state index in [-0.39, 0.29) is 9.37 Å². The summed E-state index contributed by atoms with van der Waals surface area (Å²) in [6, 6.07) is 0.654. The first-order chi connectivity index (χ1) is 8.40. The van der Waals surface area contributed by atoms with Gasteiger partial charge in [-0.05, 0) is 12.1 Å². The van der Waals surface area contributed by atoms with Crippen LogP contribution < -0.4 is 10.2 Å². The molecule has 94 valence electrons. The molecule has 8 heteroatoms. The van der Waals surface area contributed by atoms with Gasteiger partial charge in [-0.25, -0.2) is 18.5 Å². The molecule has 0 saturated carbocycles. The zero-order valence-corrected chi connectivity index (χ0v) is 10.3. The highest BCUT2D eigenvalue weighted by Gasteiger charge is 2.35. The summed E-state index contributed by atoms with van der Waals surface area (Å²) in [5.74, 6) is -3.96. The van der Waals surface area contributed by atoms with E-state index >= 15 is 0 Å². The minimum atomic E-state index is -1.17. The van der Waals surface area contributed by atoms with E-state index in [0.29, 0.717) is 0 Å². The summed E-state index contributed by atoms with van der Waals surface area (Å²) in [6.45, 7) is 0. The predicted molar refractivity (Wildman–Crippen MR) is 59.7 cm³/mol. The standard InChI is InChI=1S/C10H5BrF2N2O3/c11-4-1-5(12)9(6(13)2-4)15-8(17)3-7(16)14-10(15)18/h1-2H,3H2,(H,14,16,18). The summed E-state index contributed by atoms with van der Waals surface area (Å²) < 4.78 is 27.3. The highest BCUT2D eigenvalue weighted by atomic mass is 79.9. The van der Waals surface area contributed by atoms with Crippen LogP contribution in [0.3, 0.4) is 0 Å². The molecule has 1 fully saturated rings. The van der Waals surface area contributed by atoms with Gasteiger partial charge in [-0.3, -0.25) is 14.9 Å². The van der Waals surface area contributed by atoms with Crippen molar-refractivity contribution >= 4 is 39.5 Å². The van der Waals surface area contributed by atoms with E-state index in [9.17, 15) is 23.2 Å². The quantitative estimate of drug-likeness (QED) is 0.801. The summed E-state index contributed by atoms with van der Waals surface area (Å²) in [6.07, 6.45) is -0.638. The van der Waals surface area contributed by atoms with Crippen molar-refractivity contribution in [3.05, 3.63) is 28.2 Å². The normalized spacial score (nSPS) is 15.9. The van der Waals surface area contributed by atoms with E-state index in [0.717, 1.165) is 12.1 Å². The second-order valence-electron chi connectivity index (χ2n) is 3.48. The van der Waals surface area contributed by atoms with Gasteiger partial charge in [-0.15, -0.1) is 0 Å². The topological polar surface area (TPSA) is 66.5 Å². The van der Waals surface area contributed by atoms with Crippen LogP contribution in [0.2, 0.25) is 0 Å². The van der Waals surface area contributed by atoms with Crippen molar-refractivity contribution in [1.82, 2.24) is 5.32 Å². The molecule has 1 heterocycles. The Labute approximate surface area is 108 Å². The number of urea groups is 1. The van der Waals surface area contributed by atoms with E-state index < -0.39 is 41.6 Å². The summed E-state index contributed by atoms with van der Waals surface area (Å²) in [7, 11) is 0. The molecule has 2 rings (SSSR count). The van der Waals surface area contributed by atoms with Crippen LogP contribution in [0.4, 0.5) is 19.3 Å². The average Bonchev–Trinajstić information content (AvgIpc) is 2.20. The molecule has 1 aliphatic rings. The number of halogens is 3. The number of hydrogen-bond acceptors (Lipinski definition) is 3. The van der Waals surface area contributed by atoms with Gasteiger partial charge in [-0.2, -0.15) is 0 Å². The van der Waals surface area contributed by atoms with Crippen molar-refractivity contribution in [2.75, 3.05) is 4.90 Å². The molecule has 1 aliphatic heterocycles. The first-order valence-corrected chi connectivity index (χ1v) is 5.50. The van der Waals surface area contributed by atoms with Crippen LogP contribution in [0.15, 0.2) is 16.6 Å². The van der Waals surface area contributed by atoms with Gasteiger partial charge in [0.05, 0.1) is 0 Å². The Balaban J connectivity index is 2.52. The molecule has 1 aromatic rings. The second-order valence-corrected chi connectivity index (χ2v) is 4.39. The van der Waals surface area contributed by atoms with Crippen LogP contribution in [0.25, 0.3) is 0 Å². The summed E-state index contributed by atoms with van der Waals surface area (Å²) in [5.41, 5.74) is -0.798. The molecule has 0 radical (unpaired) electrons. The van der Waals surface area contributed by atoms with Gasteiger partial charge in [0.15, 0.2) is 11.6 Å². The Morgan fingerprint density at radius 3 is 2.22 bits per heavy atom. The number of anilines is 1. The SMILES string of the molecule is O=C1CC(=O)N(c2c(F)cc(Br)cc2F)C(=O)N1. The molecule has 0 atom stereocenters. The van der Waals surface area contributed by atoms with Gasteiger partial charge in [0.2, 0.25) is 11.8 Å². The highest BCUT2D eigenvalue weighted by molar-refractivity contribution is 9.10. The number of carbonyl (C=O) groups is 3. The van der Waals surface area contributed by atoms with E-state index in [1.54, 1.807) is 0 Å². The van der Waals surface area contributed by atoms with Crippen LogP contribution in [0.1, 0.15) is 6.42 Å². The molecule has 0 bridgehead atoms. The fraction of sp³-hybridized carbons (Fsp3) is 0.100. The van der Waals surface area contributed by atoms with E-state index in [1.807, 2.05) is 5.32 Å². The molecule has 0 aromatic heterocycles. The van der Waals surface area contributed by atoms with Crippen LogP contribution in [-0.4, -0.2) is 17.8 Å². The molecular weight excluding hydrogens is 314 g/mol. The number of rotatable bonds is 1. The highest BCUT2D eigenvalue weighted by Crippen LogP contribution is 2.28. The predicted octanol–water partition coefficient (Wildman–Crippen LogP) is 1.70. The molecule has 1 aromatic carbocycles. The maximum Gasteiger partial charge on any atom is 0.335 e. The Morgan fingerprint density at radius 2 is 1.72 bits per heavy atom. The van der Waals surface area contributed by atoms with Crippen molar-refractivity contribution in [3.63, 3.8) is 0 Å². The summed E-state index contributed by atoms with van der Waals surface area (Å²) >= 11 is 2.87. The number of nitrogens with one attached hydrogen (secondary N) is 1. The number of amides is 4. The molecule has 0 spiro atoms. The maximum atomic E-state index is 13.6. The molecule has 0 unspecified atom stereocenters. The third-order valence-corrected chi connectivity index (χ3v) is 2.67. The Morgan fingerprint density at radius 1 is 1.17 bits per heavy atom. The van der Waals surface area contributed by atoms with Gasteiger partial charge < -0.3 is 0 Å². The number of benzene rings is 1. The number of nitrogens with zero attached hydrogens (tertiary/aromatic N) is 1. The minimum absolute atomic E-state index is 0.127. The first-order valence-electron chi connectivity index (χ1n) is 4.71. The van der Waals surface area contributed by atoms with Gasteiger partial charge in [0, 0.05) is 4.47 Å². The van der Waals surface area contributed by atoms with Crippen LogP contribution in [0.5, 0.6) is 0 Å². The largest absolute Gasteiger partial charge is 0.335 e. The zero-order chi connectivity index (χ0) is 13.4. The van der Waals surface area contributed by atoms with Crippen molar-refractivity contribution in [1.29, 1.82) is 0 Å². The third kappa shape index (κ3) is 2.10. The Hall–Kier alpha value is -1.83. The van der Waals surface area contributed by atoms with E-state index in [1.165, 1.54) is 0 Å². The number of imide groups is 2. The van der Waals surface area contributed by atoms with Crippen molar-refractivity contribution in [2.45, 2.75) is 6.42 Å². The van der Waals surface area contributed by atoms with Crippen LogP contribution >= 0.6 is 15.9 Å². The lowest BCUT2D eigenvalue weighted by Crippen LogP contribution is -2.53. The lowest BCUT2D eigenvalue weighted by Gasteiger charge is -2.25. The molecular formula is C10H5BrF2N2O3. The molecule has 1 saturated heterocycles. The lowest BCUT2D eigenvalue weighted by atomic mass is 10.2. The first kappa shape index (κ1) is 12.6. The maximum absolute atomic E-state index is 13.6. The fourth-order valence-electron chi connectivity index (χ4n) is 1.52. The second kappa shape index (κ2) is 4.45. The summed E-state index contributed by atoms with van der Waals surface area (Å²) in [5, 5.41) is 1.81. The van der Waals surface area contributed by atoms with E-state index in [2.05, 4.69) is 15.9 Å². The molecule has 4 amide bonds. The number of carbonyl (C=O) groups excluding carboxylic acids is 3. The van der Waals surface area contributed by atoms with Gasteiger partial charge in [-0.1, -0.05) is 15.9 Å². The minimum Gasteiger partial charge on any atom is -0.277 e. The molecule has 18 heavy (non-hydrogen) atoms. The summed E-state index contributed by atoms with van der Waals surface area (Å²) in [4.78, 5) is 34.1. The molecule has 0 aliphatic carbocycles. The van der Waals surface area contributed by atoms with Crippen molar-refractivity contribution in [2.24, 2.45) is 0 Å². The van der Waals surface area contributed by atoms with Crippen molar-refractivity contribution in [3.8, 4) is 0 Å². The smallest absolute Gasteiger partial charge is 0.277 e. The van der Waals surface area contributed by atoms with Crippen molar-refractivity contribution < 1.29 is 23.2 Å². The van der Waals surface area contributed by atoms with Gasteiger partial charge in [0.1, 0.15) is 12.1 Å². The van der Waals surface area contributed by atoms with Gasteiger partial charge in [0.25, 0.3) is 0 Å². The third-order valence-electron chi connectivity index (χ3n) is 2.22. The monoisotopic (exact) mass is 318 g/mol.